The summed E-state index contributed by atoms with van der Waals surface area (Å²) >= 11 is 1.31. The summed E-state index contributed by atoms with van der Waals surface area (Å²) in [6, 6.07) is 4.99. The minimum Gasteiger partial charge on any atom is -0.481 e. The number of nitrogens with two attached hydrogens (primary N) is 1. The van der Waals surface area contributed by atoms with Gasteiger partial charge < -0.3 is 10.5 Å². The highest BCUT2D eigenvalue weighted by atomic mass is 32.1. The van der Waals surface area contributed by atoms with E-state index in [1.165, 1.54) is 11.3 Å². The molecule has 0 fully saturated rings. The molecule has 0 saturated carbocycles. The van der Waals surface area contributed by atoms with Crippen molar-refractivity contribution in [3.63, 3.8) is 0 Å². The Balaban J connectivity index is 2.37. The average molecular weight is 206 g/mol. The van der Waals surface area contributed by atoms with Crippen molar-refractivity contribution in [1.82, 2.24) is 4.98 Å². The number of hydrogen-bond donors (Lipinski definition) is 1. The third kappa shape index (κ3) is 1.63. The molecule has 0 saturated heterocycles. The summed E-state index contributed by atoms with van der Waals surface area (Å²) in [6.45, 7) is -2.11. The molecule has 1 aromatic heterocycles. The predicted octanol–water partition coefficient (Wildman–Crippen LogP) is 1.89. The minimum atomic E-state index is -2.11. The summed E-state index contributed by atoms with van der Waals surface area (Å²) in [6.07, 6.45) is 4.99. The molecule has 1 aromatic carbocycles. The van der Waals surface area contributed by atoms with E-state index in [2.05, 4.69) is 4.98 Å². The normalized spacial score (nSPS) is 13.1. The van der Waals surface area contributed by atoms with Gasteiger partial charge in [0.2, 0.25) is 0 Å². The zero-order valence-corrected chi connectivity index (χ0v) is 7.97. The Morgan fingerprint density at radius 2 is 2.57 bits per heavy atom. The number of fused-ring (bicyclic) bond motifs is 1. The number of thiazole rings is 1. The lowest BCUT2D eigenvalue weighted by Crippen LogP contribution is -1.92. The van der Waals surface area contributed by atoms with Gasteiger partial charge in [0.25, 0.3) is 0 Å². The maximum atomic E-state index is 7.30. The van der Waals surface area contributed by atoms with Crippen LogP contribution in [0.1, 0.15) is 2.74 Å². The Morgan fingerprint density at radius 3 is 3.36 bits per heavy atom. The van der Waals surface area contributed by atoms with Crippen LogP contribution in [0.15, 0.2) is 18.2 Å². The van der Waals surface area contributed by atoms with Gasteiger partial charge in [-0.25, -0.2) is 4.98 Å². The molecule has 0 radical (unpaired) electrons. The molecule has 0 unspecified atom stereocenters. The predicted molar refractivity (Wildman–Crippen MR) is 58.4 cm³/mol. The van der Waals surface area contributed by atoms with E-state index in [1.54, 1.807) is 18.2 Å². The number of rotatable bonds is 2. The molecule has 2 aromatic rings. The van der Waals surface area contributed by atoms with Gasteiger partial charge in [-0.05, 0) is 18.2 Å². The smallest absolute Gasteiger partial charge is 0.181 e. The van der Waals surface area contributed by atoms with Gasteiger partial charge in [-0.3, -0.25) is 0 Å². The topological polar surface area (TPSA) is 48.1 Å². The summed E-state index contributed by atoms with van der Waals surface area (Å²) in [5, 5.41) is 0.465. The van der Waals surface area contributed by atoms with Crippen molar-refractivity contribution in [1.29, 1.82) is 0 Å². The Labute approximate surface area is 88.3 Å². The van der Waals surface area contributed by atoms with Crippen LogP contribution in [0.3, 0.4) is 0 Å². The third-order valence-electron chi connectivity index (χ3n) is 1.60. The first kappa shape index (κ1) is 6.68. The fraction of sp³-hybridized carbons (Fsp3) is 0.100. The number of benzene rings is 1. The van der Waals surface area contributed by atoms with Gasteiger partial charge >= 0.3 is 0 Å². The molecule has 2 rings (SSSR count). The van der Waals surface area contributed by atoms with Crippen molar-refractivity contribution in [2.24, 2.45) is 0 Å². The number of anilines is 1. The molecule has 0 amide bonds. The molecule has 0 aliphatic heterocycles. The lowest BCUT2D eigenvalue weighted by atomic mass is 10.3. The van der Waals surface area contributed by atoms with E-state index in [4.69, 9.17) is 19.6 Å². The molecule has 0 aliphatic rings. The Bertz CT molecular complexity index is 574. The zero-order valence-electron chi connectivity index (χ0n) is 9.15. The van der Waals surface area contributed by atoms with Gasteiger partial charge in [-0.15, -0.1) is 6.42 Å². The average Bonchev–Trinajstić information content (AvgIpc) is 2.57. The number of aromatic nitrogens is 1. The lowest BCUT2D eigenvalue weighted by Gasteiger charge is -2.00. The van der Waals surface area contributed by atoms with Crippen molar-refractivity contribution in [3.8, 4) is 18.1 Å². The minimum absolute atomic E-state index is 0.360. The molecule has 70 valence electrons. The highest BCUT2D eigenvalue weighted by Gasteiger charge is 2.01. The first-order chi connectivity index (χ1) is 7.50. The lowest BCUT2D eigenvalue weighted by molar-refractivity contribution is 0.371. The van der Waals surface area contributed by atoms with E-state index in [9.17, 15) is 0 Å². The third-order valence-corrected chi connectivity index (χ3v) is 2.45. The molecule has 0 spiro atoms. The van der Waals surface area contributed by atoms with Crippen LogP contribution in [0.5, 0.6) is 5.75 Å². The summed E-state index contributed by atoms with van der Waals surface area (Å²) in [4.78, 5) is 4.08. The second-order valence-corrected chi connectivity index (χ2v) is 3.59. The largest absolute Gasteiger partial charge is 0.481 e. The van der Waals surface area contributed by atoms with Gasteiger partial charge in [0.15, 0.2) is 5.13 Å². The van der Waals surface area contributed by atoms with E-state index < -0.39 is 6.56 Å². The number of nitrogens with zero attached hydrogens (tertiary/aromatic N) is 1. The fourth-order valence-electron chi connectivity index (χ4n) is 1.07. The van der Waals surface area contributed by atoms with Crippen molar-refractivity contribution >= 4 is 26.7 Å². The van der Waals surface area contributed by atoms with E-state index in [0.717, 1.165) is 10.2 Å². The van der Waals surface area contributed by atoms with Gasteiger partial charge in [0, 0.05) is 0 Å². The number of terminal acetylenes is 1. The van der Waals surface area contributed by atoms with Crippen molar-refractivity contribution in [3.05, 3.63) is 18.2 Å². The second-order valence-electron chi connectivity index (χ2n) is 2.53. The molecule has 0 bridgehead atoms. The van der Waals surface area contributed by atoms with Gasteiger partial charge in [0.05, 0.1) is 13.0 Å². The Morgan fingerprint density at radius 1 is 1.71 bits per heavy atom. The zero-order chi connectivity index (χ0) is 11.8. The molecule has 4 heteroatoms. The van der Waals surface area contributed by atoms with Crippen LogP contribution in [0.2, 0.25) is 0 Å². The van der Waals surface area contributed by atoms with E-state index in [1.807, 2.05) is 5.92 Å². The Hall–Kier alpha value is -1.73. The quantitative estimate of drug-likeness (QED) is 0.763. The van der Waals surface area contributed by atoms with Gasteiger partial charge in [-0.2, -0.15) is 0 Å². The summed E-state index contributed by atoms with van der Waals surface area (Å²) < 4.78 is 20.4. The first-order valence-electron chi connectivity index (χ1n) is 4.83. The van der Waals surface area contributed by atoms with Crippen molar-refractivity contribution in [2.45, 2.75) is 0 Å². The van der Waals surface area contributed by atoms with Crippen LogP contribution < -0.4 is 10.5 Å². The fourth-order valence-corrected chi connectivity index (χ4v) is 1.84. The van der Waals surface area contributed by atoms with Crippen molar-refractivity contribution in [2.75, 3.05) is 12.3 Å². The van der Waals surface area contributed by atoms with Crippen LogP contribution >= 0.6 is 11.3 Å². The van der Waals surface area contributed by atoms with Gasteiger partial charge in [0.1, 0.15) is 12.3 Å². The SMILES string of the molecule is [2H]C([2H])(C#C)Oc1ccc2nc(N)sc2c1. The van der Waals surface area contributed by atoms with E-state index in [0.29, 0.717) is 10.9 Å². The molecular formula is C10H8N2OS. The molecule has 0 atom stereocenters. The summed E-state index contributed by atoms with van der Waals surface area (Å²) in [5.41, 5.74) is 6.31. The maximum absolute atomic E-state index is 7.30. The molecule has 14 heavy (non-hydrogen) atoms. The van der Waals surface area contributed by atoms with Crippen LogP contribution in [-0.2, 0) is 0 Å². The highest BCUT2D eigenvalue weighted by molar-refractivity contribution is 7.22. The van der Waals surface area contributed by atoms with Crippen molar-refractivity contribution < 1.29 is 7.48 Å². The maximum Gasteiger partial charge on any atom is 0.181 e. The van der Waals surface area contributed by atoms with Gasteiger partial charge in [-0.1, -0.05) is 17.3 Å². The first-order valence-corrected chi connectivity index (χ1v) is 4.65. The standard InChI is InChI=1S/C10H8N2OS/c1-2-5-13-7-3-4-8-9(6-7)14-10(11)12-8/h1,3-4,6H,5H2,(H2,11,12)/i5D2. The molecular weight excluding hydrogens is 196 g/mol. The summed E-state index contributed by atoms with van der Waals surface area (Å²) in [7, 11) is 0. The number of nitrogen functional groups attached to an aromatic ring is 1. The Kier molecular flexibility index (Phi) is 1.70. The number of hydrogen-bond acceptors (Lipinski definition) is 4. The summed E-state index contributed by atoms with van der Waals surface area (Å²) in [5.74, 6) is 2.28. The molecule has 3 nitrogen and oxygen atoms in total. The van der Waals surface area contributed by atoms with Crippen LogP contribution in [0.4, 0.5) is 5.13 Å². The van der Waals surface area contributed by atoms with Crippen LogP contribution in [-0.4, -0.2) is 11.5 Å². The molecule has 0 aliphatic carbocycles. The number of ether oxygens (including phenoxy) is 1. The van der Waals surface area contributed by atoms with Crippen LogP contribution in [0, 0.1) is 12.3 Å². The molecule has 2 N–H and O–H groups in total. The van der Waals surface area contributed by atoms with E-state index in [-0.39, 0.29) is 0 Å². The highest BCUT2D eigenvalue weighted by Crippen LogP contribution is 2.27. The monoisotopic (exact) mass is 206 g/mol. The van der Waals surface area contributed by atoms with Crippen LogP contribution in [0.25, 0.3) is 10.2 Å². The molecule has 1 heterocycles. The second kappa shape index (κ2) is 3.56. The van der Waals surface area contributed by atoms with E-state index >= 15 is 0 Å².